The minimum atomic E-state index is -0.112. The second-order valence-corrected chi connectivity index (χ2v) is 5.05. The van der Waals surface area contributed by atoms with Crippen molar-refractivity contribution in [1.82, 2.24) is 4.90 Å². The molecule has 3 heteroatoms. The molecule has 1 N–H and O–H groups in total. The summed E-state index contributed by atoms with van der Waals surface area (Å²) in [6, 6.07) is 0.385. The SMILES string of the molecule is CC1CCC(O)C(N2CCCOCC2)C1. The van der Waals surface area contributed by atoms with Crippen LogP contribution >= 0.6 is 0 Å². The van der Waals surface area contributed by atoms with Crippen molar-refractivity contribution >= 4 is 0 Å². The second-order valence-electron chi connectivity index (χ2n) is 5.05. The van der Waals surface area contributed by atoms with Crippen LogP contribution in [-0.4, -0.2) is 48.5 Å². The number of rotatable bonds is 1. The van der Waals surface area contributed by atoms with Gasteiger partial charge in [-0.1, -0.05) is 6.92 Å². The third-order valence-electron chi connectivity index (χ3n) is 3.77. The highest BCUT2D eigenvalue weighted by atomic mass is 16.5. The molecule has 3 unspecified atom stereocenters. The third-order valence-corrected chi connectivity index (χ3v) is 3.77. The summed E-state index contributed by atoms with van der Waals surface area (Å²) in [6.07, 6.45) is 4.31. The molecule has 0 amide bonds. The van der Waals surface area contributed by atoms with Crippen LogP contribution in [0.15, 0.2) is 0 Å². The Morgan fingerprint density at radius 2 is 2.07 bits per heavy atom. The van der Waals surface area contributed by atoms with Crippen molar-refractivity contribution in [3.63, 3.8) is 0 Å². The standard InChI is InChI=1S/C12H23NO2/c1-10-3-4-12(14)11(9-10)13-5-2-7-15-8-6-13/h10-12,14H,2-9H2,1H3. The molecule has 2 rings (SSSR count). The first kappa shape index (κ1) is 11.4. The van der Waals surface area contributed by atoms with Crippen molar-refractivity contribution in [3.8, 4) is 0 Å². The van der Waals surface area contributed by atoms with Gasteiger partial charge in [-0.15, -0.1) is 0 Å². The normalized spacial score (nSPS) is 40.0. The molecule has 0 aromatic rings. The van der Waals surface area contributed by atoms with Gasteiger partial charge in [-0.05, 0) is 31.6 Å². The molecule has 2 aliphatic rings. The molecular formula is C12H23NO2. The predicted octanol–water partition coefficient (Wildman–Crippen LogP) is 1.26. The molecule has 0 aromatic heterocycles. The van der Waals surface area contributed by atoms with Gasteiger partial charge in [0.25, 0.3) is 0 Å². The van der Waals surface area contributed by atoms with Crippen molar-refractivity contribution < 1.29 is 9.84 Å². The van der Waals surface area contributed by atoms with Crippen molar-refractivity contribution in [3.05, 3.63) is 0 Å². The first-order valence-corrected chi connectivity index (χ1v) is 6.27. The van der Waals surface area contributed by atoms with Crippen LogP contribution in [0.2, 0.25) is 0 Å². The molecule has 3 atom stereocenters. The quantitative estimate of drug-likeness (QED) is 0.712. The molecule has 0 radical (unpaired) electrons. The number of ether oxygens (including phenoxy) is 1. The Morgan fingerprint density at radius 3 is 2.93 bits per heavy atom. The number of hydrogen-bond acceptors (Lipinski definition) is 3. The lowest BCUT2D eigenvalue weighted by Gasteiger charge is -2.39. The molecule has 1 saturated carbocycles. The fraction of sp³-hybridized carbons (Fsp3) is 1.00. The highest BCUT2D eigenvalue weighted by Crippen LogP contribution is 2.28. The van der Waals surface area contributed by atoms with Crippen LogP contribution in [0.4, 0.5) is 0 Å². The first-order chi connectivity index (χ1) is 7.27. The van der Waals surface area contributed by atoms with E-state index in [0.29, 0.717) is 6.04 Å². The zero-order valence-electron chi connectivity index (χ0n) is 9.69. The van der Waals surface area contributed by atoms with Crippen molar-refractivity contribution in [2.75, 3.05) is 26.3 Å². The number of aliphatic hydroxyl groups is 1. The van der Waals surface area contributed by atoms with Gasteiger partial charge in [-0.3, -0.25) is 4.90 Å². The largest absolute Gasteiger partial charge is 0.391 e. The van der Waals surface area contributed by atoms with E-state index in [1.165, 1.54) is 6.42 Å². The molecule has 1 aliphatic carbocycles. The Morgan fingerprint density at radius 1 is 1.20 bits per heavy atom. The maximum absolute atomic E-state index is 10.0. The van der Waals surface area contributed by atoms with Crippen LogP contribution < -0.4 is 0 Å². The number of hydrogen-bond donors (Lipinski definition) is 1. The predicted molar refractivity (Wildman–Crippen MR) is 59.8 cm³/mol. The summed E-state index contributed by atoms with van der Waals surface area (Å²) in [5.74, 6) is 0.766. The second kappa shape index (κ2) is 5.28. The van der Waals surface area contributed by atoms with Gasteiger partial charge in [0.1, 0.15) is 0 Å². The van der Waals surface area contributed by atoms with E-state index < -0.39 is 0 Å². The van der Waals surface area contributed by atoms with E-state index in [1.54, 1.807) is 0 Å². The summed E-state index contributed by atoms with van der Waals surface area (Å²) >= 11 is 0. The molecule has 0 aromatic carbocycles. The Balaban J connectivity index is 1.93. The van der Waals surface area contributed by atoms with Crippen LogP contribution in [0, 0.1) is 5.92 Å². The van der Waals surface area contributed by atoms with Crippen molar-refractivity contribution in [1.29, 1.82) is 0 Å². The van der Waals surface area contributed by atoms with E-state index in [1.807, 2.05) is 0 Å². The van der Waals surface area contributed by atoms with Crippen LogP contribution in [-0.2, 0) is 4.74 Å². The highest BCUT2D eigenvalue weighted by molar-refractivity contribution is 4.86. The Labute approximate surface area is 92.4 Å². The molecule has 15 heavy (non-hydrogen) atoms. The Bertz CT molecular complexity index is 190. The molecule has 1 saturated heterocycles. The topological polar surface area (TPSA) is 32.7 Å². The zero-order chi connectivity index (χ0) is 10.7. The van der Waals surface area contributed by atoms with Crippen molar-refractivity contribution in [2.45, 2.75) is 44.8 Å². The van der Waals surface area contributed by atoms with Gasteiger partial charge in [-0.25, -0.2) is 0 Å². The molecule has 3 nitrogen and oxygen atoms in total. The molecular weight excluding hydrogens is 190 g/mol. The number of nitrogens with zero attached hydrogens (tertiary/aromatic N) is 1. The molecule has 2 fully saturated rings. The first-order valence-electron chi connectivity index (χ1n) is 6.27. The molecule has 0 spiro atoms. The number of aliphatic hydroxyl groups excluding tert-OH is 1. The van der Waals surface area contributed by atoms with Gasteiger partial charge >= 0.3 is 0 Å². The van der Waals surface area contributed by atoms with Gasteiger partial charge in [0, 0.05) is 25.7 Å². The fourth-order valence-electron chi connectivity index (χ4n) is 2.82. The zero-order valence-corrected chi connectivity index (χ0v) is 9.69. The molecule has 0 bridgehead atoms. The van der Waals surface area contributed by atoms with E-state index >= 15 is 0 Å². The fourth-order valence-corrected chi connectivity index (χ4v) is 2.82. The van der Waals surface area contributed by atoms with Gasteiger partial charge in [0.05, 0.1) is 12.7 Å². The minimum absolute atomic E-state index is 0.112. The molecule has 88 valence electrons. The van der Waals surface area contributed by atoms with Gasteiger partial charge in [0.15, 0.2) is 0 Å². The maximum Gasteiger partial charge on any atom is 0.0695 e. The van der Waals surface area contributed by atoms with Gasteiger partial charge < -0.3 is 9.84 Å². The van der Waals surface area contributed by atoms with Crippen LogP contribution in [0.3, 0.4) is 0 Å². The van der Waals surface area contributed by atoms with E-state index in [4.69, 9.17) is 4.74 Å². The van der Waals surface area contributed by atoms with Crippen molar-refractivity contribution in [2.24, 2.45) is 5.92 Å². The summed E-state index contributed by atoms with van der Waals surface area (Å²) in [6.45, 7) is 6.10. The average Bonchev–Trinajstić information content (AvgIpc) is 2.50. The maximum atomic E-state index is 10.0. The van der Waals surface area contributed by atoms with Gasteiger partial charge in [-0.2, -0.15) is 0 Å². The summed E-state index contributed by atoms with van der Waals surface area (Å²) in [5.41, 5.74) is 0. The highest BCUT2D eigenvalue weighted by Gasteiger charge is 2.31. The van der Waals surface area contributed by atoms with Crippen LogP contribution in [0.1, 0.15) is 32.6 Å². The van der Waals surface area contributed by atoms with E-state index in [-0.39, 0.29) is 6.10 Å². The Hall–Kier alpha value is -0.120. The summed E-state index contributed by atoms with van der Waals surface area (Å²) in [5, 5.41) is 10.0. The van der Waals surface area contributed by atoms with Gasteiger partial charge in [0.2, 0.25) is 0 Å². The van der Waals surface area contributed by atoms with E-state index in [9.17, 15) is 5.11 Å². The summed E-state index contributed by atoms with van der Waals surface area (Å²) < 4.78 is 5.45. The molecule has 1 heterocycles. The Kier molecular flexibility index (Phi) is 4.00. The third kappa shape index (κ3) is 2.92. The minimum Gasteiger partial charge on any atom is -0.391 e. The smallest absolute Gasteiger partial charge is 0.0695 e. The lowest BCUT2D eigenvalue weighted by molar-refractivity contribution is 0.00480. The van der Waals surface area contributed by atoms with Crippen LogP contribution in [0.25, 0.3) is 0 Å². The summed E-state index contributed by atoms with van der Waals surface area (Å²) in [4.78, 5) is 2.44. The summed E-state index contributed by atoms with van der Waals surface area (Å²) in [7, 11) is 0. The lowest BCUT2D eigenvalue weighted by atomic mass is 9.84. The molecule has 1 aliphatic heterocycles. The van der Waals surface area contributed by atoms with Crippen LogP contribution in [0.5, 0.6) is 0 Å². The van der Waals surface area contributed by atoms with E-state index in [0.717, 1.165) is 51.5 Å². The average molecular weight is 213 g/mol. The monoisotopic (exact) mass is 213 g/mol. The lowest BCUT2D eigenvalue weighted by Crippen LogP contribution is -2.48. The van der Waals surface area contributed by atoms with E-state index in [2.05, 4.69) is 11.8 Å².